The van der Waals surface area contributed by atoms with Gasteiger partial charge in [-0.15, -0.1) is 0 Å². The minimum atomic E-state index is 0.791. The summed E-state index contributed by atoms with van der Waals surface area (Å²) in [6.45, 7) is 5.98. The molecule has 0 atom stereocenters. The molecule has 0 radical (unpaired) electrons. The van der Waals surface area contributed by atoms with Gasteiger partial charge in [-0.3, -0.25) is 0 Å². The molecule has 18 heavy (non-hydrogen) atoms. The van der Waals surface area contributed by atoms with E-state index in [0.717, 1.165) is 36.6 Å². The summed E-state index contributed by atoms with van der Waals surface area (Å²) in [5.74, 6) is 0.799. The average molecular weight is 241 g/mol. The van der Waals surface area contributed by atoms with Crippen LogP contribution >= 0.6 is 0 Å². The zero-order valence-corrected chi connectivity index (χ0v) is 11.0. The molecular formula is C15H19N3. The van der Waals surface area contributed by atoms with E-state index in [-0.39, 0.29) is 0 Å². The fourth-order valence-electron chi connectivity index (χ4n) is 1.78. The SMILES string of the molecule is CCNCc1ccnc(-c2ccc(CC)cc2)n1. The van der Waals surface area contributed by atoms with Crippen molar-refractivity contribution in [3.05, 3.63) is 47.8 Å². The van der Waals surface area contributed by atoms with Crippen LogP contribution in [0.3, 0.4) is 0 Å². The van der Waals surface area contributed by atoms with Crippen molar-refractivity contribution in [2.45, 2.75) is 26.8 Å². The van der Waals surface area contributed by atoms with E-state index in [9.17, 15) is 0 Å². The largest absolute Gasteiger partial charge is 0.311 e. The predicted molar refractivity (Wildman–Crippen MR) is 74.2 cm³/mol. The third kappa shape index (κ3) is 3.14. The van der Waals surface area contributed by atoms with E-state index < -0.39 is 0 Å². The van der Waals surface area contributed by atoms with Crippen LogP contribution in [0, 0.1) is 0 Å². The highest BCUT2D eigenvalue weighted by Crippen LogP contribution is 2.15. The van der Waals surface area contributed by atoms with Crippen molar-refractivity contribution in [1.29, 1.82) is 0 Å². The quantitative estimate of drug-likeness (QED) is 0.874. The van der Waals surface area contributed by atoms with Gasteiger partial charge >= 0.3 is 0 Å². The van der Waals surface area contributed by atoms with Crippen LogP contribution in [0.4, 0.5) is 0 Å². The number of rotatable bonds is 5. The highest BCUT2D eigenvalue weighted by atomic mass is 14.9. The molecule has 0 spiro atoms. The standard InChI is InChI=1S/C15H19N3/c1-3-12-5-7-13(8-6-12)15-17-10-9-14(18-15)11-16-4-2/h5-10,16H,3-4,11H2,1-2H3. The fraction of sp³-hybridized carbons (Fsp3) is 0.333. The molecule has 3 nitrogen and oxygen atoms in total. The predicted octanol–water partition coefficient (Wildman–Crippen LogP) is 2.82. The second kappa shape index (κ2) is 6.26. The maximum atomic E-state index is 4.56. The Morgan fingerprint density at radius 3 is 2.50 bits per heavy atom. The molecule has 0 saturated heterocycles. The maximum absolute atomic E-state index is 4.56. The lowest BCUT2D eigenvalue weighted by Crippen LogP contribution is -2.13. The first-order valence-electron chi connectivity index (χ1n) is 6.45. The summed E-state index contributed by atoms with van der Waals surface area (Å²) >= 11 is 0. The summed E-state index contributed by atoms with van der Waals surface area (Å²) in [7, 11) is 0. The van der Waals surface area contributed by atoms with Gasteiger partial charge in [-0.1, -0.05) is 38.1 Å². The number of benzene rings is 1. The summed E-state index contributed by atoms with van der Waals surface area (Å²) in [6, 6.07) is 10.4. The molecule has 2 rings (SSSR count). The van der Waals surface area contributed by atoms with Gasteiger partial charge in [0.05, 0.1) is 5.69 Å². The molecule has 1 aromatic heterocycles. The van der Waals surface area contributed by atoms with E-state index in [2.05, 4.69) is 53.4 Å². The van der Waals surface area contributed by atoms with Crippen molar-refractivity contribution in [3.8, 4) is 11.4 Å². The van der Waals surface area contributed by atoms with E-state index in [1.54, 1.807) is 0 Å². The highest BCUT2D eigenvalue weighted by molar-refractivity contribution is 5.55. The molecule has 0 aliphatic carbocycles. The van der Waals surface area contributed by atoms with Crippen molar-refractivity contribution >= 4 is 0 Å². The number of aromatic nitrogens is 2. The zero-order valence-electron chi connectivity index (χ0n) is 11.0. The molecule has 0 unspecified atom stereocenters. The van der Waals surface area contributed by atoms with E-state index in [1.807, 2.05) is 12.3 Å². The van der Waals surface area contributed by atoms with Gasteiger partial charge in [-0.25, -0.2) is 9.97 Å². The summed E-state index contributed by atoms with van der Waals surface area (Å²) in [5, 5.41) is 3.27. The molecule has 0 saturated carbocycles. The fourth-order valence-corrected chi connectivity index (χ4v) is 1.78. The van der Waals surface area contributed by atoms with Gasteiger partial charge in [-0.2, -0.15) is 0 Å². The topological polar surface area (TPSA) is 37.8 Å². The van der Waals surface area contributed by atoms with E-state index in [1.165, 1.54) is 5.56 Å². The first kappa shape index (κ1) is 12.7. The number of hydrogen-bond acceptors (Lipinski definition) is 3. The van der Waals surface area contributed by atoms with Crippen molar-refractivity contribution in [2.24, 2.45) is 0 Å². The summed E-state index contributed by atoms with van der Waals surface area (Å²) in [4.78, 5) is 8.90. The first-order chi connectivity index (χ1) is 8.83. The molecule has 0 aliphatic rings. The van der Waals surface area contributed by atoms with Gasteiger partial charge in [0.1, 0.15) is 0 Å². The van der Waals surface area contributed by atoms with Gasteiger partial charge in [0.25, 0.3) is 0 Å². The Morgan fingerprint density at radius 2 is 1.83 bits per heavy atom. The second-order valence-corrected chi connectivity index (χ2v) is 4.20. The Bertz CT molecular complexity index is 491. The molecular weight excluding hydrogens is 222 g/mol. The normalized spacial score (nSPS) is 10.6. The molecule has 0 amide bonds. The molecule has 1 heterocycles. The number of hydrogen-bond donors (Lipinski definition) is 1. The number of nitrogens with zero attached hydrogens (tertiary/aromatic N) is 2. The van der Waals surface area contributed by atoms with Gasteiger partial charge < -0.3 is 5.32 Å². The molecule has 1 N–H and O–H groups in total. The molecule has 2 aromatic rings. The third-order valence-electron chi connectivity index (χ3n) is 2.89. The Labute approximate surface area is 108 Å². The minimum absolute atomic E-state index is 0.791. The van der Waals surface area contributed by atoms with Crippen LogP contribution in [0.25, 0.3) is 11.4 Å². The lowest BCUT2D eigenvalue weighted by molar-refractivity contribution is 0.709. The van der Waals surface area contributed by atoms with Crippen LogP contribution in [0.2, 0.25) is 0 Å². The third-order valence-corrected chi connectivity index (χ3v) is 2.89. The number of nitrogens with one attached hydrogen (secondary N) is 1. The van der Waals surface area contributed by atoms with Gasteiger partial charge in [0.2, 0.25) is 0 Å². The molecule has 0 bridgehead atoms. The lowest BCUT2D eigenvalue weighted by atomic mass is 10.1. The first-order valence-corrected chi connectivity index (χ1v) is 6.45. The van der Waals surface area contributed by atoms with Gasteiger partial charge in [0, 0.05) is 18.3 Å². The van der Waals surface area contributed by atoms with Crippen molar-refractivity contribution < 1.29 is 0 Å². The average Bonchev–Trinajstić information content (AvgIpc) is 2.45. The van der Waals surface area contributed by atoms with Crippen LogP contribution in [0.1, 0.15) is 25.1 Å². The summed E-state index contributed by atoms with van der Waals surface area (Å²) in [5.41, 5.74) is 3.44. The Morgan fingerprint density at radius 1 is 1.06 bits per heavy atom. The lowest BCUT2D eigenvalue weighted by Gasteiger charge is -2.05. The van der Waals surface area contributed by atoms with Crippen molar-refractivity contribution in [3.63, 3.8) is 0 Å². The Hall–Kier alpha value is -1.74. The van der Waals surface area contributed by atoms with E-state index in [4.69, 9.17) is 0 Å². The van der Waals surface area contributed by atoms with Crippen LogP contribution in [-0.2, 0) is 13.0 Å². The molecule has 0 aliphatic heterocycles. The highest BCUT2D eigenvalue weighted by Gasteiger charge is 2.02. The van der Waals surface area contributed by atoms with Crippen LogP contribution in [-0.4, -0.2) is 16.5 Å². The van der Waals surface area contributed by atoms with Crippen LogP contribution < -0.4 is 5.32 Å². The van der Waals surface area contributed by atoms with E-state index in [0.29, 0.717) is 0 Å². The number of aryl methyl sites for hydroxylation is 1. The molecule has 1 aromatic carbocycles. The van der Waals surface area contributed by atoms with Crippen molar-refractivity contribution in [2.75, 3.05) is 6.54 Å². The molecule has 0 fully saturated rings. The minimum Gasteiger partial charge on any atom is -0.311 e. The maximum Gasteiger partial charge on any atom is 0.159 e. The van der Waals surface area contributed by atoms with Gasteiger partial charge in [0.15, 0.2) is 5.82 Å². The smallest absolute Gasteiger partial charge is 0.159 e. The summed E-state index contributed by atoms with van der Waals surface area (Å²) in [6.07, 6.45) is 2.88. The molecule has 94 valence electrons. The van der Waals surface area contributed by atoms with Gasteiger partial charge in [-0.05, 0) is 24.6 Å². The Kier molecular flexibility index (Phi) is 4.42. The zero-order chi connectivity index (χ0) is 12.8. The summed E-state index contributed by atoms with van der Waals surface area (Å²) < 4.78 is 0. The second-order valence-electron chi connectivity index (χ2n) is 4.20. The van der Waals surface area contributed by atoms with Crippen molar-refractivity contribution in [1.82, 2.24) is 15.3 Å². The van der Waals surface area contributed by atoms with E-state index >= 15 is 0 Å². The monoisotopic (exact) mass is 241 g/mol. The molecule has 3 heteroatoms. The Balaban J connectivity index is 2.20. The van der Waals surface area contributed by atoms with Crippen LogP contribution in [0.5, 0.6) is 0 Å². The van der Waals surface area contributed by atoms with Crippen LogP contribution in [0.15, 0.2) is 36.5 Å².